The number of hydrogen-bond donors (Lipinski definition) is 1. The fraction of sp³-hybridized carbons (Fsp3) is 0.409. The molecule has 2 aromatic heterocycles. The minimum absolute atomic E-state index is 0.161. The van der Waals surface area contributed by atoms with Gasteiger partial charge >= 0.3 is 6.03 Å². The van der Waals surface area contributed by atoms with E-state index in [1.165, 1.54) is 6.20 Å². The third-order valence-corrected chi connectivity index (χ3v) is 6.50. The van der Waals surface area contributed by atoms with Gasteiger partial charge in [-0.1, -0.05) is 29.7 Å². The standard InChI is InChI=1S/C22H23ClN6O2/c1-12-6-17-10-22(9-12,20-25-14(3)28-31-20)29(17)21(30)26-16-5-4-13(2)18(8-16)19-7-15(23)11-24-27-19/h4-5,7-8,11-12,17H,6,9-10H2,1-3H3,(H,26,30)/t12-,17-,22+/m1/s1. The van der Waals surface area contributed by atoms with Crippen molar-refractivity contribution in [2.45, 2.75) is 51.6 Å². The first kappa shape index (κ1) is 19.9. The zero-order chi connectivity index (χ0) is 21.8. The quantitative estimate of drug-likeness (QED) is 0.635. The van der Waals surface area contributed by atoms with E-state index >= 15 is 0 Å². The summed E-state index contributed by atoms with van der Waals surface area (Å²) in [7, 11) is 0. The molecule has 1 N–H and O–H groups in total. The lowest BCUT2D eigenvalue weighted by Gasteiger charge is -2.61. The second-order valence-corrected chi connectivity index (χ2v) is 9.11. The first-order valence-electron chi connectivity index (χ1n) is 10.4. The van der Waals surface area contributed by atoms with Crippen molar-refractivity contribution in [1.29, 1.82) is 0 Å². The molecule has 2 bridgehead atoms. The third kappa shape index (κ3) is 3.35. The van der Waals surface area contributed by atoms with Gasteiger partial charge in [-0.05, 0) is 56.4 Å². The molecule has 0 radical (unpaired) electrons. The number of piperidine rings is 1. The van der Waals surface area contributed by atoms with Gasteiger partial charge < -0.3 is 14.7 Å². The summed E-state index contributed by atoms with van der Waals surface area (Å²) in [5.41, 5.74) is 2.70. The van der Waals surface area contributed by atoms with Crippen LogP contribution in [0.4, 0.5) is 10.5 Å². The van der Waals surface area contributed by atoms with Gasteiger partial charge in [-0.3, -0.25) is 0 Å². The molecule has 31 heavy (non-hydrogen) atoms. The molecule has 2 fully saturated rings. The number of urea groups is 1. The zero-order valence-electron chi connectivity index (χ0n) is 17.6. The first-order chi connectivity index (χ1) is 14.9. The smallest absolute Gasteiger partial charge is 0.323 e. The van der Waals surface area contributed by atoms with Crippen LogP contribution < -0.4 is 5.32 Å². The predicted molar refractivity (Wildman–Crippen MR) is 116 cm³/mol. The van der Waals surface area contributed by atoms with Crippen molar-refractivity contribution in [3.8, 4) is 11.3 Å². The Morgan fingerprint density at radius 3 is 2.87 bits per heavy atom. The molecule has 1 saturated carbocycles. The van der Waals surface area contributed by atoms with Crippen LogP contribution in [0.3, 0.4) is 0 Å². The van der Waals surface area contributed by atoms with E-state index in [1.807, 2.05) is 30.0 Å². The van der Waals surface area contributed by atoms with Crippen molar-refractivity contribution >= 4 is 23.3 Å². The number of fused-ring (bicyclic) bond motifs is 2. The molecule has 2 aliphatic rings. The molecule has 1 saturated heterocycles. The van der Waals surface area contributed by atoms with Crippen molar-refractivity contribution in [1.82, 2.24) is 25.2 Å². The molecule has 9 heteroatoms. The van der Waals surface area contributed by atoms with Gasteiger partial charge in [0.1, 0.15) is 5.54 Å². The second kappa shape index (κ2) is 7.30. The lowest BCUT2D eigenvalue weighted by Crippen LogP contribution is -2.70. The minimum Gasteiger partial charge on any atom is -0.337 e. The Hall–Kier alpha value is -3.00. The number of likely N-dealkylation sites (tertiary alicyclic amines) is 1. The average molecular weight is 439 g/mol. The summed E-state index contributed by atoms with van der Waals surface area (Å²) >= 11 is 6.08. The van der Waals surface area contributed by atoms with Gasteiger partial charge in [0.25, 0.3) is 5.89 Å². The minimum atomic E-state index is -0.528. The highest BCUT2D eigenvalue weighted by Crippen LogP contribution is 2.55. The van der Waals surface area contributed by atoms with E-state index < -0.39 is 5.54 Å². The molecule has 2 amide bonds. The molecule has 1 aromatic carbocycles. The maximum atomic E-state index is 13.4. The number of benzene rings is 1. The van der Waals surface area contributed by atoms with Crippen molar-refractivity contribution in [3.63, 3.8) is 0 Å². The van der Waals surface area contributed by atoms with Gasteiger partial charge in [0.2, 0.25) is 0 Å². The molecular formula is C22H23ClN6O2. The van der Waals surface area contributed by atoms with Crippen molar-refractivity contribution in [2.75, 3.05) is 5.32 Å². The summed E-state index contributed by atoms with van der Waals surface area (Å²) in [4.78, 5) is 19.7. The molecule has 3 heterocycles. The number of nitrogens with zero attached hydrogens (tertiary/aromatic N) is 5. The van der Waals surface area contributed by atoms with E-state index in [0.717, 1.165) is 30.4 Å². The highest BCUT2D eigenvalue weighted by molar-refractivity contribution is 6.30. The normalized spacial score (nSPS) is 24.6. The monoisotopic (exact) mass is 438 g/mol. The summed E-state index contributed by atoms with van der Waals surface area (Å²) in [5.74, 6) is 1.60. The summed E-state index contributed by atoms with van der Waals surface area (Å²) in [6.45, 7) is 5.98. The van der Waals surface area contributed by atoms with Gasteiger partial charge in [-0.15, -0.1) is 0 Å². The molecule has 8 nitrogen and oxygen atoms in total. The highest BCUT2D eigenvalue weighted by Gasteiger charge is 2.62. The molecule has 5 rings (SSSR count). The Morgan fingerprint density at radius 1 is 1.29 bits per heavy atom. The van der Waals surface area contributed by atoms with Crippen LogP contribution in [0.5, 0.6) is 0 Å². The van der Waals surface area contributed by atoms with Crippen molar-refractivity contribution in [3.05, 3.63) is 52.8 Å². The number of rotatable bonds is 3. The predicted octanol–water partition coefficient (Wildman–Crippen LogP) is 4.73. The van der Waals surface area contributed by atoms with Crippen LogP contribution in [0.2, 0.25) is 5.02 Å². The molecule has 160 valence electrons. The SMILES string of the molecule is Cc1noc([C@]23C[C@H](C)C[C@H](C2)N3C(=O)Nc2ccc(C)c(-c3cc(Cl)cnn3)c2)n1. The number of carbonyl (C=O) groups excluding carboxylic acids is 1. The van der Waals surface area contributed by atoms with E-state index in [9.17, 15) is 4.79 Å². The van der Waals surface area contributed by atoms with Gasteiger partial charge in [0.15, 0.2) is 5.82 Å². The van der Waals surface area contributed by atoms with Crippen molar-refractivity contribution < 1.29 is 9.32 Å². The van der Waals surface area contributed by atoms with Crippen LogP contribution in [0.15, 0.2) is 35.0 Å². The topological polar surface area (TPSA) is 97.0 Å². The zero-order valence-corrected chi connectivity index (χ0v) is 18.3. The summed E-state index contributed by atoms with van der Waals surface area (Å²) in [5, 5.41) is 15.6. The van der Waals surface area contributed by atoms with Gasteiger partial charge in [-0.25, -0.2) is 4.79 Å². The van der Waals surface area contributed by atoms with Gasteiger partial charge in [0.05, 0.1) is 16.9 Å². The molecule has 0 spiro atoms. The second-order valence-electron chi connectivity index (χ2n) is 8.67. The number of aromatic nitrogens is 4. The number of amides is 2. The van der Waals surface area contributed by atoms with E-state index in [0.29, 0.717) is 34.0 Å². The molecular weight excluding hydrogens is 416 g/mol. The number of halogens is 1. The summed E-state index contributed by atoms with van der Waals surface area (Å²) in [6, 6.07) is 7.50. The number of carbonyl (C=O) groups is 1. The number of aryl methyl sites for hydroxylation is 2. The summed E-state index contributed by atoms with van der Waals surface area (Å²) < 4.78 is 5.52. The number of nitrogens with one attached hydrogen (secondary N) is 1. The Morgan fingerprint density at radius 2 is 2.13 bits per heavy atom. The first-order valence-corrected chi connectivity index (χ1v) is 10.7. The third-order valence-electron chi connectivity index (χ3n) is 6.29. The highest BCUT2D eigenvalue weighted by atomic mass is 35.5. The van der Waals surface area contributed by atoms with E-state index in [-0.39, 0.29) is 12.1 Å². The Kier molecular flexibility index (Phi) is 4.69. The molecule has 3 atom stereocenters. The van der Waals surface area contributed by atoms with E-state index in [4.69, 9.17) is 16.1 Å². The fourth-order valence-corrected chi connectivity index (χ4v) is 5.22. The van der Waals surface area contributed by atoms with Crippen molar-refractivity contribution in [2.24, 2.45) is 5.92 Å². The maximum absolute atomic E-state index is 13.4. The Balaban J connectivity index is 1.43. The van der Waals surface area contributed by atoms with Gasteiger partial charge in [0, 0.05) is 23.7 Å². The molecule has 1 aliphatic heterocycles. The molecule has 0 unspecified atom stereocenters. The van der Waals surface area contributed by atoms with Crippen LogP contribution in [0, 0.1) is 19.8 Å². The summed E-state index contributed by atoms with van der Waals surface area (Å²) in [6.07, 6.45) is 4.13. The largest absolute Gasteiger partial charge is 0.337 e. The lowest BCUT2D eigenvalue weighted by atomic mass is 9.64. The Labute approximate surface area is 185 Å². The van der Waals surface area contributed by atoms with Crippen LogP contribution in [-0.4, -0.2) is 37.3 Å². The fourth-order valence-electron chi connectivity index (χ4n) is 5.07. The number of hydrogen-bond acceptors (Lipinski definition) is 6. The number of anilines is 1. The van der Waals surface area contributed by atoms with Crippen LogP contribution in [0.1, 0.15) is 43.5 Å². The van der Waals surface area contributed by atoms with E-state index in [1.54, 1.807) is 13.0 Å². The average Bonchev–Trinajstić information content (AvgIpc) is 3.15. The molecule has 1 aliphatic carbocycles. The van der Waals surface area contributed by atoms with E-state index in [2.05, 4.69) is 32.6 Å². The molecule has 3 aromatic rings. The van der Waals surface area contributed by atoms with Crippen LogP contribution in [0.25, 0.3) is 11.3 Å². The van der Waals surface area contributed by atoms with Gasteiger partial charge in [-0.2, -0.15) is 15.2 Å². The van der Waals surface area contributed by atoms with Crippen LogP contribution in [-0.2, 0) is 5.54 Å². The Bertz CT molecular complexity index is 1160. The lowest BCUT2D eigenvalue weighted by molar-refractivity contribution is -0.111. The maximum Gasteiger partial charge on any atom is 0.323 e. The van der Waals surface area contributed by atoms with Crippen LogP contribution >= 0.6 is 11.6 Å².